The van der Waals surface area contributed by atoms with Crippen LogP contribution in [-0.4, -0.2) is 19.8 Å². The number of halogens is 1. The van der Waals surface area contributed by atoms with Gasteiger partial charge in [0.05, 0.1) is 11.0 Å². The maximum absolute atomic E-state index is 13.9. The van der Waals surface area contributed by atoms with E-state index >= 15 is 0 Å². The Kier molecular flexibility index (Phi) is 4.29. The van der Waals surface area contributed by atoms with E-state index in [0.29, 0.717) is 5.56 Å². The quantitative estimate of drug-likeness (QED) is 0.942. The first-order valence-electron chi connectivity index (χ1n) is 6.23. The van der Waals surface area contributed by atoms with Gasteiger partial charge in [-0.1, -0.05) is 18.2 Å². The SMILES string of the molecule is C[C@@H](O)c1cccc(F)c1Oc1cccc(S(C)(=O)=O)c1. The van der Waals surface area contributed by atoms with Crippen molar-refractivity contribution in [1.29, 1.82) is 0 Å². The highest BCUT2D eigenvalue weighted by atomic mass is 32.2. The number of aliphatic hydroxyl groups is 1. The summed E-state index contributed by atoms with van der Waals surface area (Å²) in [5.74, 6) is -0.554. The zero-order chi connectivity index (χ0) is 15.6. The first-order valence-corrected chi connectivity index (χ1v) is 8.12. The van der Waals surface area contributed by atoms with Gasteiger partial charge in [0, 0.05) is 11.8 Å². The Hall–Kier alpha value is -1.92. The fourth-order valence-corrected chi connectivity index (χ4v) is 2.50. The van der Waals surface area contributed by atoms with E-state index in [1.54, 1.807) is 6.07 Å². The van der Waals surface area contributed by atoms with Crippen molar-refractivity contribution in [1.82, 2.24) is 0 Å². The van der Waals surface area contributed by atoms with Crippen LogP contribution in [0.2, 0.25) is 0 Å². The summed E-state index contributed by atoms with van der Waals surface area (Å²) in [5.41, 5.74) is 0.291. The molecule has 0 bridgehead atoms. The van der Waals surface area contributed by atoms with Crippen molar-refractivity contribution < 1.29 is 22.7 Å². The first-order chi connectivity index (χ1) is 9.79. The molecule has 1 atom stereocenters. The smallest absolute Gasteiger partial charge is 0.175 e. The molecular weight excluding hydrogens is 295 g/mol. The Labute approximate surface area is 122 Å². The standard InChI is InChI=1S/C15H15FO4S/c1-10(17)13-7-4-8-14(16)15(13)20-11-5-3-6-12(9-11)21(2,18)19/h3-10,17H,1-2H3/t10-/m1/s1. The van der Waals surface area contributed by atoms with E-state index in [2.05, 4.69) is 0 Å². The molecule has 0 aliphatic heterocycles. The predicted octanol–water partition coefficient (Wildman–Crippen LogP) is 3.07. The van der Waals surface area contributed by atoms with Gasteiger partial charge in [0.15, 0.2) is 21.4 Å². The minimum atomic E-state index is -3.38. The fraction of sp³-hybridized carbons (Fsp3) is 0.200. The van der Waals surface area contributed by atoms with Gasteiger partial charge in [-0.05, 0) is 31.2 Å². The van der Waals surface area contributed by atoms with Crippen molar-refractivity contribution in [2.45, 2.75) is 17.9 Å². The molecule has 1 N–H and O–H groups in total. The first kappa shape index (κ1) is 15.5. The molecule has 112 valence electrons. The number of rotatable bonds is 4. The molecular formula is C15H15FO4S. The second kappa shape index (κ2) is 5.83. The molecule has 0 unspecified atom stereocenters. The normalized spacial score (nSPS) is 13.0. The molecule has 2 rings (SSSR count). The van der Waals surface area contributed by atoms with Crippen LogP contribution in [0, 0.1) is 5.82 Å². The molecule has 4 nitrogen and oxygen atoms in total. The number of benzene rings is 2. The molecule has 2 aromatic rings. The predicted molar refractivity (Wildman–Crippen MR) is 76.7 cm³/mol. The highest BCUT2D eigenvalue weighted by Crippen LogP contribution is 2.32. The van der Waals surface area contributed by atoms with Gasteiger partial charge in [0.25, 0.3) is 0 Å². The molecule has 0 aromatic heterocycles. The van der Waals surface area contributed by atoms with E-state index in [-0.39, 0.29) is 16.4 Å². The minimum absolute atomic E-state index is 0.0786. The van der Waals surface area contributed by atoms with Gasteiger partial charge in [0.1, 0.15) is 5.75 Å². The summed E-state index contributed by atoms with van der Waals surface area (Å²) in [5, 5.41) is 9.65. The summed E-state index contributed by atoms with van der Waals surface area (Å²) in [6.45, 7) is 1.49. The van der Waals surface area contributed by atoms with Gasteiger partial charge in [-0.15, -0.1) is 0 Å². The minimum Gasteiger partial charge on any atom is -0.454 e. The van der Waals surface area contributed by atoms with Crippen LogP contribution in [0.15, 0.2) is 47.4 Å². The lowest BCUT2D eigenvalue weighted by molar-refractivity contribution is 0.194. The highest BCUT2D eigenvalue weighted by molar-refractivity contribution is 7.90. The lowest BCUT2D eigenvalue weighted by atomic mass is 10.1. The Balaban J connectivity index is 2.44. The van der Waals surface area contributed by atoms with Crippen LogP contribution in [-0.2, 0) is 9.84 Å². The Bertz CT molecular complexity index is 754. The fourth-order valence-electron chi connectivity index (χ4n) is 1.85. The lowest BCUT2D eigenvalue weighted by Gasteiger charge is -2.14. The van der Waals surface area contributed by atoms with Crippen molar-refractivity contribution in [2.75, 3.05) is 6.26 Å². The molecule has 0 saturated carbocycles. The number of hydrogen-bond donors (Lipinski definition) is 1. The molecule has 0 aliphatic carbocycles. The average Bonchev–Trinajstić information content (AvgIpc) is 2.40. The molecule has 0 aliphatic rings. The third-order valence-corrected chi connectivity index (χ3v) is 4.01. The van der Waals surface area contributed by atoms with Gasteiger partial charge in [0.2, 0.25) is 0 Å². The van der Waals surface area contributed by atoms with E-state index in [9.17, 15) is 17.9 Å². The summed E-state index contributed by atoms with van der Waals surface area (Å²) in [6, 6.07) is 10.00. The highest BCUT2D eigenvalue weighted by Gasteiger charge is 2.16. The largest absolute Gasteiger partial charge is 0.454 e. The van der Waals surface area contributed by atoms with E-state index < -0.39 is 21.8 Å². The zero-order valence-corrected chi connectivity index (χ0v) is 12.4. The van der Waals surface area contributed by atoms with Gasteiger partial charge >= 0.3 is 0 Å². The molecule has 0 spiro atoms. The molecule has 6 heteroatoms. The van der Waals surface area contributed by atoms with Crippen molar-refractivity contribution in [3.63, 3.8) is 0 Å². The summed E-state index contributed by atoms with van der Waals surface area (Å²) >= 11 is 0. The lowest BCUT2D eigenvalue weighted by Crippen LogP contribution is -2.00. The van der Waals surface area contributed by atoms with Crippen LogP contribution >= 0.6 is 0 Å². The molecule has 0 amide bonds. The van der Waals surface area contributed by atoms with Gasteiger partial charge in [-0.25, -0.2) is 12.8 Å². The maximum Gasteiger partial charge on any atom is 0.175 e. The molecule has 21 heavy (non-hydrogen) atoms. The van der Waals surface area contributed by atoms with Crippen molar-refractivity contribution in [3.05, 3.63) is 53.8 Å². The van der Waals surface area contributed by atoms with E-state index in [1.807, 2.05) is 0 Å². The van der Waals surface area contributed by atoms with Crippen LogP contribution in [0.25, 0.3) is 0 Å². The van der Waals surface area contributed by atoms with Crippen molar-refractivity contribution in [3.8, 4) is 11.5 Å². The number of aliphatic hydroxyl groups excluding tert-OH is 1. The second-order valence-corrected chi connectivity index (χ2v) is 6.70. The number of sulfone groups is 1. The Morgan fingerprint density at radius 1 is 1.19 bits per heavy atom. The average molecular weight is 310 g/mol. The van der Waals surface area contributed by atoms with Crippen LogP contribution in [0.1, 0.15) is 18.6 Å². The maximum atomic E-state index is 13.9. The molecule has 0 saturated heterocycles. The molecule has 0 heterocycles. The summed E-state index contributed by atoms with van der Waals surface area (Å²) < 4.78 is 42.3. The van der Waals surface area contributed by atoms with Crippen molar-refractivity contribution in [2.24, 2.45) is 0 Å². The van der Waals surface area contributed by atoms with Gasteiger partial charge in [-0.2, -0.15) is 0 Å². The third-order valence-electron chi connectivity index (χ3n) is 2.90. The molecule has 2 aromatic carbocycles. The molecule has 0 fully saturated rings. The Morgan fingerprint density at radius 3 is 2.48 bits per heavy atom. The number of para-hydroxylation sites is 1. The van der Waals surface area contributed by atoms with Crippen molar-refractivity contribution >= 4 is 9.84 Å². The third kappa shape index (κ3) is 3.59. The summed E-state index contributed by atoms with van der Waals surface area (Å²) in [7, 11) is -3.38. The van der Waals surface area contributed by atoms with Crippen LogP contribution in [0.4, 0.5) is 4.39 Å². The van der Waals surface area contributed by atoms with Gasteiger partial charge < -0.3 is 9.84 Å². The van der Waals surface area contributed by atoms with Crippen LogP contribution in [0.3, 0.4) is 0 Å². The monoisotopic (exact) mass is 310 g/mol. The number of ether oxygens (including phenoxy) is 1. The van der Waals surface area contributed by atoms with Crippen LogP contribution in [0.5, 0.6) is 11.5 Å². The van der Waals surface area contributed by atoms with Gasteiger partial charge in [-0.3, -0.25) is 0 Å². The van der Waals surface area contributed by atoms with E-state index in [4.69, 9.17) is 4.74 Å². The summed E-state index contributed by atoms with van der Waals surface area (Å²) in [4.78, 5) is 0.0786. The van der Waals surface area contributed by atoms with E-state index in [0.717, 1.165) is 6.26 Å². The molecule has 0 radical (unpaired) electrons. The van der Waals surface area contributed by atoms with E-state index in [1.165, 1.54) is 43.3 Å². The topological polar surface area (TPSA) is 63.6 Å². The number of hydrogen-bond acceptors (Lipinski definition) is 4. The zero-order valence-electron chi connectivity index (χ0n) is 11.6. The second-order valence-electron chi connectivity index (χ2n) is 4.68. The summed E-state index contributed by atoms with van der Waals surface area (Å²) in [6.07, 6.45) is 0.171. The van der Waals surface area contributed by atoms with Crippen LogP contribution < -0.4 is 4.74 Å². The Morgan fingerprint density at radius 2 is 1.86 bits per heavy atom.